The molecule has 4 heterocycles. The van der Waals surface area contributed by atoms with Crippen LogP contribution in [-0.4, -0.2) is 105 Å². The molecule has 4 aliphatic rings. The molecule has 4 amide bonds. The van der Waals surface area contributed by atoms with E-state index in [0.29, 0.717) is 23.5 Å². The first-order chi connectivity index (χ1) is 30.3. The maximum Gasteiger partial charge on any atom is 0.407 e. The van der Waals surface area contributed by atoms with E-state index in [4.69, 9.17) is 19.4 Å². The normalized spacial score (nSPS) is 21.0. The highest BCUT2D eigenvalue weighted by atomic mass is 16.5. The first-order valence-electron chi connectivity index (χ1n) is 22.0. The molecule has 2 aliphatic carbocycles. The Morgan fingerprint density at radius 2 is 1.48 bits per heavy atom. The molecule has 2 saturated heterocycles. The van der Waals surface area contributed by atoms with Crippen LogP contribution in [-0.2, 0) is 23.9 Å². The number of nitrogens with zero attached hydrogens (tertiary/aromatic N) is 4. The Morgan fingerprint density at radius 3 is 2.19 bits per heavy atom. The van der Waals surface area contributed by atoms with Gasteiger partial charge in [0.1, 0.15) is 30.3 Å². The van der Waals surface area contributed by atoms with Gasteiger partial charge in [0.2, 0.25) is 17.7 Å². The van der Waals surface area contributed by atoms with E-state index in [-0.39, 0.29) is 66.0 Å². The molecule has 6 atom stereocenters. The van der Waals surface area contributed by atoms with Gasteiger partial charge in [-0.3, -0.25) is 19.2 Å². The number of aromatic amines is 2. The number of piperidine rings is 1. The Bertz CT molecular complexity index is 2630. The van der Waals surface area contributed by atoms with Crippen LogP contribution in [0, 0.1) is 17.8 Å². The number of carbonyl (C=O) groups excluding carboxylic acids is 5. The lowest BCUT2D eigenvalue weighted by molar-refractivity contribution is -0.139. The number of likely N-dealkylation sites (tertiary alicyclic amines) is 2. The summed E-state index contributed by atoms with van der Waals surface area (Å²) >= 11 is 0. The highest BCUT2D eigenvalue weighted by Crippen LogP contribution is 2.50. The summed E-state index contributed by atoms with van der Waals surface area (Å²) in [5, 5.41) is 5.59. The van der Waals surface area contributed by atoms with Crippen LogP contribution < -0.4 is 10.6 Å². The molecular weight excluding hydrogens is 801 g/mol. The van der Waals surface area contributed by atoms with Gasteiger partial charge in [-0.1, -0.05) is 58.0 Å². The summed E-state index contributed by atoms with van der Waals surface area (Å²) in [6.45, 7) is 8.10. The second-order valence-electron chi connectivity index (χ2n) is 18.1. The van der Waals surface area contributed by atoms with Crippen LogP contribution >= 0.6 is 0 Å². The Hall–Kier alpha value is -6.35. The molecule has 63 heavy (non-hydrogen) atoms. The van der Waals surface area contributed by atoms with Gasteiger partial charge in [-0.15, -0.1) is 0 Å². The summed E-state index contributed by atoms with van der Waals surface area (Å²) in [6.07, 6.45) is 5.50. The minimum absolute atomic E-state index is 0.0569. The number of ketones is 1. The van der Waals surface area contributed by atoms with Crippen LogP contribution in [0.5, 0.6) is 0 Å². The number of fused-ring (bicyclic) bond motifs is 6. The summed E-state index contributed by atoms with van der Waals surface area (Å²) < 4.78 is 9.80. The standard InChI is InChI=1S/C48H54N8O7/c1-24(2)40(53-39(57)23-62-5)46(59)55-17-7-8-38(55)44-49-22-37(52-44)28-11-15-32-31-14-10-26(19-33(31)43(58)34(32)20-28)27-12-16-35-36(21-27)51-45(50-35)42-29-9-13-30(18-29)56(42)47(60)41(25(3)4)54-48(61)63-6/h10-12,14-16,19-22,24-25,29-30,38,40-42H,7-9,13,17-18,23H2,1-6H3,(H,49,52)(H,50,51)(H,53,57)(H,54,61)/t29-,30+,38?,40-,41-,42-/m0/s1. The lowest BCUT2D eigenvalue weighted by Gasteiger charge is -2.37. The number of methoxy groups -OCH3 is 2. The van der Waals surface area contributed by atoms with Crippen LogP contribution in [0.1, 0.15) is 99.5 Å². The molecule has 5 aromatic rings. The number of imidazole rings is 2. The first kappa shape index (κ1) is 42.0. The van der Waals surface area contributed by atoms with Gasteiger partial charge in [0.25, 0.3) is 0 Å². The minimum Gasteiger partial charge on any atom is -0.453 e. The van der Waals surface area contributed by atoms with Gasteiger partial charge in [0.15, 0.2) is 5.78 Å². The van der Waals surface area contributed by atoms with E-state index < -0.39 is 18.2 Å². The van der Waals surface area contributed by atoms with Crippen LogP contribution in [0.15, 0.2) is 60.8 Å². The molecule has 9 rings (SSSR count). The Morgan fingerprint density at radius 1 is 0.794 bits per heavy atom. The number of benzene rings is 3. The average Bonchev–Trinajstić information content (AvgIpc) is 4.15. The summed E-state index contributed by atoms with van der Waals surface area (Å²) in [6, 6.07) is 16.1. The van der Waals surface area contributed by atoms with E-state index in [1.165, 1.54) is 14.2 Å². The molecule has 15 nitrogen and oxygen atoms in total. The molecule has 3 fully saturated rings. The van der Waals surface area contributed by atoms with Crippen LogP contribution in [0.25, 0.3) is 44.5 Å². The molecule has 1 unspecified atom stereocenters. The maximum atomic E-state index is 14.1. The van der Waals surface area contributed by atoms with Gasteiger partial charge in [0.05, 0.1) is 42.1 Å². The van der Waals surface area contributed by atoms with Crippen molar-refractivity contribution >= 4 is 40.6 Å². The van der Waals surface area contributed by atoms with Crippen LogP contribution in [0.3, 0.4) is 0 Å². The van der Waals surface area contributed by atoms with Crippen molar-refractivity contribution in [2.24, 2.45) is 17.8 Å². The van der Waals surface area contributed by atoms with Gasteiger partial charge in [-0.25, -0.2) is 14.8 Å². The summed E-state index contributed by atoms with van der Waals surface area (Å²) in [4.78, 5) is 86.9. The fraction of sp³-hybridized carbons (Fsp3) is 0.438. The number of aromatic nitrogens is 4. The molecule has 2 aliphatic heterocycles. The monoisotopic (exact) mass is 854 g/mol. The predicted octanol–water partition coefficient (Wildman–Crippen LogP) is 6.71. The van der Waals surface area contributed by atoms with Crippen molar-refractivity contribution < 1.29 is 33.4 Å². The molecule has 0 radical (unpaired) electrons. The fourth-order valence-electron chi connectivity index (χ4n) is 10.3. The Balaban J connectivity index is 0.929. The average molecular weight is 855 g/mol. The zero-order chi connectivity index (χ0) is 44.3. The van der Waals surface area contributed by atoms with Crippen LogP contribution in [0.2, 0.25) is 0 Å². The lowest BCUT2D eigenvalue weighted by Crippen LogP contribution is -2.54. The zero-order valence-corrected chi connectivity index (χ0v) is 36.5. The molecule has 4 N–H and O–H groups in total. The molecule has 328 valence electrons. The summed E-state index contributed by atoms with van der Waals surface area (Å²) in [7, 11) is 2.74. The number of alkyl carbamates (subject to hydrolysis) is 1. The molecule has 3 aromatic carbocycles. The zero-order valence-electron chi connectivity index (χ0n) is 36.5. The Labute approximate surface area is 365 Å². The SMILES string of the molecule is COCC(=O)N[C@H](C(=O)N1CCCC1c1ncc(-c2ccc3c(c2)C(=O)c2cc(-c4ccc5nc([C@@H]6[C@H]7CC[C@H](C7)N6C(=O)[C@@H](NC(=O)OC)C(C)C)[nH]c5c4)ccc2-3)[nH]1)C(C)C. The van der Waals surface area contributed by atoms with Gasteiger partial charge in [-0.05, 0) is 96.4 Å². The smallest absolute Gasteiger partial charge is 0.407 e. The van der Waals surface area contributed by atoms with Crippen molar-refractivity contribution in [3.63, 3.8) is 0 Å². The highest BCUT2D eigenvalue weighted by Gasteiger charge is 2.51. The second kappa shape index (κ2) is 16.7. The molecule has 2 bridgehead atoms. The molecule has 2 aromatic heterocycles. The van der Waals surface area contributed by atoms with Crippen LogP contribution in [0.4, 0.5) is 4.79 Å². The van der Waals surface area contributed by atoms with E-state index in [0.717, 1.165) is 82.5 Å². The summed E-state index contributed by atoms with van der Waals surface area (Å²) in [5.74, 6) is 0.766. The van der Waals surface area contributed by atoms with Gasteiger partial charge >= 0.3 is 6.09 Å². The summed E-state index contributed by atoms with van der Waals surface area (Å²) in [5.41, 5.74) is 7.98. The van der Waals surface area contributed by atoms with Crippen molar-refractivity contribution in [1.82, 2.24) is 40.4 Å². The lowest BCUT2D eigenvalue weighted by atomic mass is 9.95. The molecular formula is C48H54N8O7. The number of amides is 4. The van der Waals surface area contributed by atoms with E-state index in [2.05, 4.69) is 20.6 Å². The largest absolute Gasteiger partial charge is 0.453 e. The van der Waals surface area contributed by atoms with Crippen molar-refractivity contribution in [2.45, 2.75) is 90.0 Å². The number of nitrogens with one attached hydrogen (secondary N) is 4. The van der Waals surface area contributed by atoms with Gasteiger partial charge < -0.3 is 39.9 Å². The molecule has 1 saturated carbocycles. The number of rotatable bonds is 12. The third kappa shape index (κ3) is 7.55. The molecule has 15 heteroatoms. The number of ether oxygens (including phenoxy) is 2. The second-order valence-corrected chi connectivity index (χ2v) is 18.1. The van der Waals surface area contributed by atoms with Crippen molar-refractivity contribution in [2.75, 3.05) is 27.4 Å². The van der Waals surface area contributed by atoms with Crippen molar-refractivity contribution in [3.8, 4) is 33.5 Å². The maximum absolute atomic E-state index is 14.1. The first-order valence-corrected chi connectivity index (χ1v) is 22.0. The van der Waals surface area contributed by atoms with E-state index in [9.17, 15) is 24.0 Å². The third-order valence-corrected chi connectivity index (χ3v) is 13.4. The van der Waals surface area contributed by atoms with E-state index >= 15 is 0 Å². The van der Waals surface area contributed by atoms with E-state index in [1.54, 1.807) is 11.1 Å². The highest BCUT2D eigenvalue weighted by molar-refractivity contribution is 6.22. The fourth-order valence-corrected chi connectivity index (χ4v) is 10.3. The van der Waals surface area contributed by atoms with E-state index in [1.807, 2.05) is 87.2 Å². The van der Waals surface area contributed by atoms with Crippen molar-refractivity contribution in [3.05, 3.63) is 83.6 Å². The number of hydrogen-bond acceptors (Lipinski definition) is 9. The number of H-pyrrole nitrogens is 2. The quantitative estimate of drug-likeness (QED) is 0.104. The number of carbonyl (C=O) groups is 5. The van der Waals surface area contributed by atoms with Gasteiger partial charge in [-0.2, -0.15) is 0 Å². The third-order valence-electron chi connectivity index (χ3n) is 13.4. The Kier molecular flexibility index (Phi) is 11.2. The number of hydrogen-bond donors (Lipinski definition) is 4. The predicted molar refractivity (Wildman–Crippen MR) is 235 cm³/mol. The minimum atomic E-state index is -0.714. The van der Waals surface area contributed by atoms with Gasteiger partial charge in [0, 0.05) is 36.4 Å². The van der Waals surface area contributed by atoms with Crippen molar-refractivity contribution in [1.29, 1.82) is 0 Å². The topological polar surface area (TPSA) is 192 Å². The molecule has 0 spiro atoms.